The number of H-pyrrole nitrogens is 1. The molecule has 4 rings (SSSR count). The molecule has 0 amide bonds. The Morgan fingerprint density at radius 1 is 1.03 bits per heavy atom. The molecule has 3 aromatic carbocycles. The summed E-state index contributed by atoms with van der Waals surface area (Å²) in [4.78, 5) is 17.7. The minimum Gasteiger partial charge on any atom is -0.497 e. The largest absolute Gasteiger partial charge is 0.497 e. The molecule has 4 aromatic rings. The van der Waals surface area contributed by atoms with Crippen molar-refractivity contribution < 1.29 is 9.53 Å². The summed E-state index contributed by atoms with van der Waals surface area (Å²) in [5.74, 6) is 1.84. The second-order valence-corrected chi connectivity index (χ2v) is 8.31. The van der Waals surface area contributed by atoms with E-state index < -0.39 is 0 Å². The molecule has 1 heterocycles. The summed E-state index contributed by atoms with van der Waals surface area (Å²) in [5, 5.41) is 6.97. The quantitative estimate of drug-likeness (QED) is 0.129. The van der Waals surface area contributed by atoms with Gasteiger partial charge in [-0.3, -0.25) is 4.79 Å². The molecule has 0 aliphatic heterocycles. The third kappa shape index (κ3) is 10.7. The number of rotatable bonds is 9. The predicted molar refractivity (Wildman–Crippen MR) is 155 cm³/mol. The van der Waals surface area contributed by atoms with Crippen molar-refractivity contribution in [1.82, 2.24) is 15.3 Å². The second-order valence-electron chi connectivity index (χ2n) is 7.88. The summed E-state index contributed by atoms with van der Waals surface area (Å²) in [6, 6.07) is 23.0. The highest BCUT2D eigenvalue weighted by Crippen LogP contribution is 2.18. The van der Waals surface area contributed by atoms with Crippen LogP contribution >= 0.6 is 11.6 Å². The highest BCUT2D eigenvalue weighted by Gasteiger charge is 2.01. The maximum absolute atomic E-state index is 10.1. The van der Waals surface area contributed by atoms with E-state index >= 15 is 0 Å². The Morgan fingerprint density at radius 3 is 2.22 bits per heavy atom. The molecule has 0 unspecified atom stereocenters. The monoisotopic (exact) mass is 518 g/mol. The Hall–Kier alpha value is -3.87. The molecule has 37 heavy (non-hydrogen) atoms. The van der Waals surface area contributed by atoms with Gasteiger partial charge >= 0.3 is 0 Å². The molecule has 0 bridgehead atoms. The van der Waals surface area contributed by atoms with Crippen LogP contribution in [0.3, 0.4) is 0 Å². The first kappa shape index (κ1) is 29.4. The van der Waals surface area contributed by atoms with Crippen LogP contribution in [0, 0.1) is 0 Å². The van der Waals surface area contributed by atoms with Crippen LogP contribution in [0.2, 0.25) is 5.02 Å². The number of anilines is 1. The zero-order valence-corrected chi connectivity index (χ0v) is 22.4. The van der Waals surface area contributed by atoms with Gasteiger partial charge < -0.3 is 20.4 Å². The van der Waals surface area contributed by atoms with Gasteiger partial charge in [-0.1, -0.05) is 48.9 Å². The second kappa shape index (κ2) is 16.7. The van der Waals surface area contributed by atoms with Crippen LogP contribution in [0.1, 0.15) is 28.5 Å². The smallest absolute Gasteiger partial charge is 0.150 e. The number of halogens is 1. The number of aldehydes is 1. The lowest BCUT2D eigenvalue weighted by Gasteiger charge is -2.03. The molecule has 1 aromatic heterocycles. The average molecular weight is 519 g/mol. The van der Waals surface area contributed by atoms with Crippen molar-refractivity contribution in [3.63, 3.8) is 0 Å². The zero-order valence-electron chi connectivity index (χ0n) is 21.6. The number of carbonyl (C=O) groups is 1. The highest BCUT2D eigenvalue weighted by molar-refractivity contribution is 6.30. The molecule has 0 radical (unpaired) electrons. The molecule has 0 saturated carbocycles. The number of aromatic nitrogens is 2. The number of aromatic amines is 1. The number of hydrogen-bond donors (Lipinski definition) is 3. The molecule has 0 fully saturated rings. The van der Waals surface area contributed by atoms with E-state index in [0.29, 0.717) is 10.6 Å². The summed E-state index contributed by atoms with van der Waals surface area (Å²) < 4.78 is 5.06. The van der Waals surface area contributed by atoms with Crippen molar-refractivity contribution in [1.29, 1.82) is 0 Å². The third-order valence-electron chi connectivity index (χ3n) is 5.24. The molecule has 0 spiro atoms. The third-order valence-corrected chi connectivity index (χ3v) is 5.49. The fraction of sp³-hybridized carbons (Fsp3) is 0.200. The van der Waals surface area contributed by atoms with E-state index in [1.807, 2.05) is 43.6 Å². The van der Waals surface area contributed by atoms with E-state index in [-0.39, 0.29) is 0 Å². The number of methoxy groups -OCH3 is 1. The number of aryl methyl sites for hydroxylation is 1. The normalized spacial score (nSPS) is 9.73. The predicted octanol–water partition coefficient (Wildman–Crippen LogP) is 6.80. The first-order valence-corrected chi connectivity index (χ1v) is 12.4. The molecule has 3 N–H and O–H groups in total. The molecular formula is C30H35ClN4O2. The van der Waals surface area contributed by atoms with Crippen molar-refractivity contribution in [2.45, 2.75) is 19.9 Å². The maximum Gasteiger partial charge on any atom is 0.150 e. The minimum absolute atomic E-state index is 0.652. The van der Waals surface area contributed by atoms with E-state index in [1.165, 1.54) is 11.3 Å². The number of carbonyl (C=O) groups excluding carboxylic acids is 1. The van der Waals surface area contributed by atoms with Crippen LogP contribution in [0.15, 0.2) is 91.6 Å². The number of nitrogens with zero attached hydrogens (tertiary/aromatic N) is 1. The Morgan fingerprint density at radius 2 is 1.70 bits per heavy atom. The summed E-state index contributed by atoms with van der Waals surface area (Å²) in [7, 11) is 3.59. The summed E-state index contributed by atoms with van der Waals surface area (Å²) in [6.07, 6.45) is 5.52. The van der Waals surface area contributed by atoms with Gasteiger partial charge in [-0.2, -0.15) is 0 Å². The molecule has 6 nitrogen and oxygen atoms in total. The van der Waals surface area contributed by atoms with Crippen molar-refractivity contribution in [2.75, 3.05) is 26.0 Å². The van der Waals surface area contributed by atoms with Gasteiger partial charge in [-0.25, -0.2) is 4.98 Å². The highest BCUT2D eigenvalue weighted by atomic mass is 35.5. The molecule has 7 heteroatoms. The van der Waals surface area contributed by atoms with Crippen LogP contribution in [-0.2, 0) is 13.0 Å². The van der Waals surface area contributed by atoms with Gasteiger partial charge in [0.25, 0.3) is 0 Å². The fourth-order valence-electron chi connectivity index (χ4n) is 3.08. The van der Waals surface area contributed by atoms with Crippen LogP contribution in [0.5, 0.6) is 5.75 Å². The standard InChI is InChI=1S/C12H15N3.C11H15NO.C7H5ClO/c1-3-10-8-14-12(15-10)9-4-6-11(13-2)7-5-9;1-3-8-12-9-10-4-6-11(13-2)7-5-10;8-7-3-1-6(5-9)2-4-7/h4-8,13H,3H2,1-2H3,(H,14,15);3-7,12H,1,8-9H2,2H3;1-5H. The molecular weight excluding hydrogens is 484 g/mol. The van der Waals surface area contributed by atoms with E-state index in [2.05, 4.69) is 58.4 Å². The zero-order chi connectivity index (χ0) is 26.9. The van der Waals surface area contributed by atoms with E-state index in [0.717, 1.165) is 48.6 Å². The van der Waals surface area contributed by atoms with Crippen LogP contribution < -0.4 is 15.4 Å². The lowest BCUT2D eigenvalue weighted by molar-refractivity contribution is 0.112. The Balaban J connectivity index is 0.000000201. The lowest BCUT2D eigenvalue weighted by atomic mass is 10.2. The van der Waals surface area contributed by atoms with E-state index in [4.69, 9.17) is 16.3 Å². The number of nitrogens with one attached hydrogen (secondary N) is 3. The minimum atomic E-state index is 0.652. The Bertz CT molecular complexity index is 1190. The van der Waals surface area contributed by atoms with Gasteiger partial charge in [-0.05, 0) is 60.5 Å². The molecule has 0 atom stereocenters. The van der Waals surface area contributed by atoms with Crippen molar-refractivity contribution in [2.24, 2.45) is 0 Å². The van der Waals surface area contributed by atoms with Gasteiger partial charge in [0.2, 0.25) is 0 Å². The van der Waals surface area contributed by atoms with E-state index in [9.17, 15) is 4.79 Å². The SMILES string of the molecule is C=CCNCc1ccc(OC)cc1.CCc1cnc(-c2ccc(NC)cc2)[nH]1.O=Cc1ccc(Cl)cc1. The van der Waals surface area contributed by atoms with Crippen molar-refractivity contribution >= 4 is 23.6 Å². The number of imidazole rings is 1. The topological polar surface area (TPSA) is 79.0 Å². The average Bonchev–Trinajstić information content (AvgIpc) is 3.44. The first-order chi connectivity index (χ1) is 18.0. The van der Waals surface area contributed by atoms with Gasteiger partial charge in [0.05, 0.1) is 7.11 Å². The van der Waals surface area contributed by atoms with Gasteiger partial charge in [0.15, 0.2) is 0 Å². The molecule has 0 saturated heterocycles. The van der Waals surface area contributed by atoms with Gasteiger partial charge in [-0.15, -0.1) is 6.58 Å². The Labute approximate surface area is 224 Å². The van der Waals surface area contributed by atoms with Crippen LogP contribution in [0.25, 0.3) is 11.4 Å². The van der Waals surface area contributed by atoms with Gasteiger partial charge in [0, 0.05) is 53.9 Å². The number of hydrogen-bond acceptors (Lipinski definition) is 5. The molecule has 0 aliphatic rings. The summed E-state index contributed by atoms with van der Waals surface area (Å²) in [6.45, 7) is 7.46. The maximum atomic E-state index is 10.1. The van der Waals surface area contributed by atoms with Crippen molar-refractivity contribution in [3.8, 4) is 17.1 Å². The number of benzene rings is 3. The van der Waals surface area contributed by atoms with Crippen LogP contribution in [-0.4, -0.2) is 37.0 Å². The first-order valence-electron chi connectivity index (χ1n) is 12.0. The molecule has 0 aliphatic carbocycles. The van der Waals surface area contributed by atoms with Gasteiger partial charge in [0.1, 0.15) is 17.9 Å². The fourth-order valence-corrected chi connectivity index (χ4v) is 3.21. The van der Waals surface area contributed by atoms with Crippen molar-refractivity contribution in [3.05, 3.63) is 113 Å². The number of ether oxygens (including phenoxy) is 1. The summed E-state index contributed by atoms with van der Waals surface area (Å²) in [5.41, 5.74) is 5.31. The lowest BCUT2D eigenvalue weighted by Crippen LogP contribution is -2.12. The molecule has 194 valence electrons. The Kier molecular flexibility index (Phi) is 13.3. The van der Waals surface area contributed by atoms with E-state index in [1.54, 1.807) is 31.4 Å². The van der Waals surface area contributed by atoms with Crippen LogP contribution in [0.4, 0.5) is 5.69 Å². The summed E-state index contributed by atoms with van der Waals surface area (Å²) >= 11 is 5.55.